The summed E-state index contributed by atoms with van der Waals surface area (Å²) in [6.45, 7) is 6.17. The zero-order valence-electron chi connectivity index (χ0n) is 12.3. The maximum absolute atomic E-state index is 12.3. The van der Waals surface area contributed by atoms with Crippen LogP contribution < -0.4 is 11.1 Å². The lowest BCUT2D eigenvalue weighted by atomic mass is 9.82. The first-order valence-electron chi connectivity index (χ1n) is 7.68. The van der Waals surface area contributed by atoms with Gasteiger partial charge in [0.2, 0.25) is 0 Å². The summed E-state index contributed by atoms with van der Waals surface area (Å²) in [5.41, 5.74) is 5.61. The number of rotatable bonds is 3. The first kappa shape index (κ1) is 14.8. The molecule has 1 aliphatic heterocycles. The number of piperidine rings is 1. The van der Waals surface area contributed by atoms with Crippen LogP contribution in [-0.2, 0) is 9.53 Å². The highest BCUT2D eigenvalue weighted by Crippen LogP contribution is 2.32. The number of nitrogens with one attached hydrogen (secondary N) is 1. The third kappa shape index (κ3) is 3.93. The molecule has 0 amide bonds. The van der Waals surface area contributed by atoms with Crippen molar-refractivity contribution in [2.24, 2.45) is 17.6 Å². The fourth-order valence-electron chi connectivity index (χ4n) is 3.38. The molecule has 2 atom stereocenters. The first-order chi connectivity index (χ1) is 8.99. The molecule has 2 rings (SSSR count). The Bertz CT molecular complexity index is 311. The van der Waals surface area contributed by atoms with Crippen LogP contribution in [0.1, 0.15) is 52.4 Å². The molecule has 0 spiro atoms. The summed E-state index contributed by atoms with van der Waals surface area (Å²) in [5.74, 6) is 0.457. The minimum Gasteiger partial charge on any atom is -0.459 e. The van der Waals surface area contributed by atoms with Gasteiger partial charge < -0.3 is 15.8 Å². The van der Waals surface area contributed by atoms with Crippen LogP contribution in [0.3, 0.4) is 0 Å². The summed E-state index contributed by atoms with van der Waals surface area (Å²) >= 11 is 0. The van der Waals surface area contributed by atoms with E-state index in [0.717, 1.165) is 51.6 Å². The lowest BCUT2D eigenvalue weighted by Crippen LogP contribution is -2.44. The summed E-state index contributed by atoms with van der Waals surface area (Å²) in [5, 5.41) is 3.35. The highest BCUT2D eigenvalue weighted by atomic mass is 16.6. The van der Waals surface area contributed by atoms with E-state index < -0.39 is 0 Å². The third-order valence-electron chi connectivity index (χ3n) is 4.73. The van der Waals surface area contributed by atoms with Crippen LogP contribution in [0.4, 0.5) is 0 Å². The van der Waals surface area contributed by atoms with Gasteiger partial charge in [-0.1, -0.05) is 6.42 Å². The van der Waals surface area contributed by atoms with Gasteiger partial charge in [0.15, 0.2) is 0 Å². The minimum atomic E-state index is -0.347. The Morgan fingerprint density at radius 1 is 1.21 bits per heavy atom. The topological polar surface area (TPSA) is 64.3 Å². The molecule has 4 nitrogen and oxygen atoms in total. The van der Waals surface area contributed by atoms with Crippen LogP contribution in [0.5, 0.6) is 0 Å². The zero-order chi connectivity index (χ0) is 13.9. The Hall–Kier alpha value is -0.610. The number of carbonyl (C=O) groups excluding carboxylic acids is 1. The Kier molecular flexibility index (Phi) is 4.85. The van der Waals surface area contributed by atoms with Crippen LogP contribution in [-0.4, -0.2) is 30.7 Å². The molecule has 3 N–H and O–H groups in total. The molecule has 19 heavy (non-hydrogen) atoms. The van der Waals surface area contributed by atoms with Gasteiger partial charge >= 0.3 is 5.97 Å². The monoisotopic (exact) mass is 268 g/mol. The molecule has 4 heteroatoms. The molecule has 0 radical (unpaired) electrons. The number of hydrogen-bond donors (Lipinski definition) is 2. The van der Waals surface area contributed by atoms with E-state index in [0.29, 0.717) is 5.92 Å². The highest BCUT2D eigenvalue weighted by Gasteiger charge is 2.36. The molecule has 1 saturated heterocycles. The molecular weight excluding hydrogens is 240 g/mol. The molecule has 0 bridgehead atoms. The molecule has 0 aromatic heterocycles. The fraction of sp³-hybridized carbons (Fsp3) is 0.933. The second-order valence-electron chi connectivity index (χ2n) is 6.67. The van der Waals surface area contributed by atoms with Crippen molar-refractivity contribution in [1.29, 1.82) is 0 Å². The lowest BCUT2D eigenvalue weighted by molar-refractivity contribution is -0.169. The van der Waals surface area contributed by atoms with Gasteiger partial charge in [-0.3, -0.25) is 4.79 Å². The Morgan fingerprint density at radius 3 is 2.53 bits per heavy atom. The van der Waals surface area contributed by atoms with Crippen molar-refractivity contribution in [2.75, 3.05) is 13.1 Å². The van der Waals surface area contributed by atoms with Gasteiger partial charge in [0.1, 0.15) is 5.60 Å². The summed E-state index contributed by atoms with van der Waals surface area (Å²) < 4.78 is 5.84. The first-order valence-corrected chi connectivity index (χ1v) is 7.68. The van der Waals surface area contributed by atoms with Gasteiger partial charge in [-0.15, -0.1) is 0 Å². The number of nitrogens with two attached hydrogens (primary N) is 1. The van der Waals surface area contributed by atoms with E-state index >= 15 is 0 Å². The van der Waals surface area contributed by atoms with Crippen LogP contribution in [0, 0.1) is 11.8 Å². The van der Waals surface area contributed by atoms with Gasteiger partial charge in [0, 0.05) is 12.0 Å². The Morgan fingerprint density at radius 2 is 1.89 bits per heavy atom. The quantitative estimate of drug-likeness (QED) is 0.766. The average molecular weight is 268 g/mol. The number of ether oxygens (including phenoxy) is 1. The third-order valence-corrected chi connectivity index (χ3v) is 4.73. The largest absolute Gasteiger partial charge is 0.459 e. The van der Waals surface area contributed by atoms with E-state index in [2.05, 4.69) is 19.2 Å². The predicted molar refractivity (Wildman–Crippen MR) is 75.7 cm³/mol. The molecular formula is C15H28N2O2. The van der Waals surface area contributed by atoms with Crippen molar-refractivity contribution in [3.8, 4) is 0 Å². The van der Waals surface area contributed by atoms with Crippen LogP contribution in [0.15, 0.2) is 0 Å². The second kappa shape index (κ2) is 6.23. The van der Waals surface area contributed by atoms with Crippen molar-refractivity contribution in [3.05, 3.63) is 0 Å². The van der Waals surface area contributed by atoms with Gasteiger partial charge in [0.05, 0.1) is 5.92 Å². The van der Waals surface area contributed by atoms with Gasteiger partial charge in [-0.05, 0) is 59.0 Å². The van der Waals surface area contributed by atoms with Crippen molar-refractivity contribution < 1.29 is 9.53 Å². The number of hydrogen-bond acceptors (Lipinski definition) is 4. The van der Waals surface area contributed by atoms with E-state index in [9.17, 15) is 4.79 Å². The number of carbonyl (C=O) groups is 1. The van der Waals surface area contributed by atoms with Crippen molar-refractivity contribution in [3.63, 3.8) is 0 Å². The van der Waals surface area contributed by atoms with Crippen LogP contribution in [0.2, 0.25) is 0 Å². The SMILES string of the molecule is CC(C)(OC(=O)C1CCCC(N)C1)C1CCNCC1. The van der Waals surface area contributed by atoms with Gasteiger partial charge in [-0.25, -0.2) is 0 Å². The molecule has 2 aliphatic rings. The van der Waals surface area contributed by atoms with E-state index in [4.69, 9.17) is 10.5 Å². The summed E-state index contributed by atoms with van der Waals surface area (Å²) in [6, 6.07) is 0.174. The van der Waals surface area contributed by atoms with E-state index in [-0.39, 0.29) is 23.5 Å². The Balaban J connectivity index is 1.89. The van der Waals surface area contributed by atoms with Gasteiger partial charge in [-0.2, -0.15) is 0 Å². The average Bonchev–Trinajstić information content (AvgIpc) is 2.39. The molecule has 1 saturated carbocycles. The molecule has 1 heterocycles. The maximum Gasteiger partial charge on any atom is 0.309 e. The minimum absolute atomic E-state index is 0.0183. The lowest BCUT2D eigenvalue weighted by Gasteiger charge is -2.38. The fourth-order valence-corrected chi connectivity index (χ4v) is 3.38. The molecule has 2 unspecified atom stereocenters. The smallest absolute Gasteiger partial charge is 0.309 e. The number of esters is 1. The van der Waals surface area contributed by atoms with E-state index in [1.165, 1.54) is 0 Å². The van der Waals surface area contributed by atoms with Gasteiger partial charge in [0.25, 0.3) is 0 Å². The molecule has 0 aromatic rings. The normalized spacial score (nSPS) is 30.1. The summed E-state index contributed by atoms with van der Waals surface area (Å²) in [6.07, 6.45) is 6.00. The van der Waals surface area contributed by atoms with Crippen LogP contribution in [0.25, 0.3) is 0 Å². The molecule has 0 aromatic carbocycles. The van der Waals surface area contributed by atoms with Crippen molar-refractivity contribution in [1.82, 2.24) is 5.32 Å². The van der Waals surface area contributed by atoms with E-state index in [1.807, 2.05) is 0 Å². The van der Waals surface area contributed by atoms with Crippen LogP contribution >= 0.6 is 0 Å². The summed E-state index contributed by atoms with van der Waals surface area (Å²) in [4.78, 5) is 12.3. The zero-order valence-corrected chi connectivity index (χ0v) is 12.3. The van der Waals surface area contributed by atoms with E-state index in [1.54, 1.807) is 0 Å². The molecule has 110 valence electrons. The second-order valence-corrected chi connectivity index (χ2v) is 6.67. The Labute approximate surface area is 116 Å². The molecule has 2 fully saturated rings. The summed E-state index contributed by atoms with van der Waals surface area (Å²) in [7, 11) is 0. The van der Waals surface area contributed by atoms with Crippen molar-refractivity contribution >= 4 is 5.97 Å². The maximum atomic E-state index is 12.3. The predicted octanol–water partition coefficient (Wildman–Crippen LogP) is 1.83. The highest BCUT2D eigenvalue weighted by molar-refractivity contribution is 5.73. The van der Waals surface area contributed by atoms with Crippen molar-refractivity contribution in [2.45, 2.75) is 64.0 Å². The molecule has 1 aliphatic carbocycles. The standard InChI is InChI=1S/C15H28N2O2/c1-15(2,12-6-8-17-9-7-12)19-14(18)11-4-3-5-13(16)10-11/h11-13,17H,3-10,16H2,1-2H3.